The zero-order chi connectivity index (χ0) is 13.0. The van der Waals surface area contributed by atoms with Gasteiger partial charge >= 0.3 is 0 Å². The molecule has 18 heavy (non-hydrogen) atoms. The Balaban J connectivity index is 2.05. The van der Waals surface area contributed by atoms with Crippen LogP contribution in [0, 0.1) is 0 Å². The topological polar surface area (TPSA) is 49.8 Å². The lowest BCUT2D eigenvalue weighted by molar-refractivity contribution is 1.08. The maximum Gasteiger partial charge on any atom is 0.224 e. The fourth-order valence-electron chi connectivity index (χ4n) is 1.49. The molecule has 0 aliphatic heterocycles. The van der Waals surface area contributed by atoms with Crippen molar-refractivity contribution < 1.29 is 0 Å². The molecule has 2 N–H and O–H groups in total. The van der Waals surface area contributed by atoms with Crippen molar-refractivity contribution in [3.8, 4) is 0 Å². The summed E-state index contributed by atoms with van der Waals surface area (Å²) in [4.78, 5) is 11.2. The second-order valence-corrected chi connectivity index (χ2v) is 5.82. The van der Waals surface area contributed by atoms with Crippen molar-refractivity contribution in [3.05, 3.63) is 32.6 Å². The Hall–Kier alpha value is -1.14. The molecule has 2 aromatic rings. The standard InChI is InChI=1S/C12H15BrN4S/c1-3-8-4-5-9(18-8)6-15-11-10(13)7-16-12(14-2)17-11/h4-5,7H,3,6H2,1-2H3,(H2,14,15,16,17). The fraction of sp³-hybridized carbons (Fsp3) is 0.333. The van der Waals surface area contributed by atoms with Crippen molar-refractivity contribution >= 4 is 39.0 Å². The third kappa shape index (κ3) is 3.20. The van der Waals surface area contributed by atoms with E-state index in [1.165, 1.54) is 9.75 Å². The van der Waals surface area contributed by atoms with Crippen LogP contribution in [0.1, 0.15) is 16.7 Å². The predicted molar refractivity (Wildman–Crippen MR) is 80.3 cm³/mol. The summed E-state index contributed by atoms with van der Waals surface area (Å²) >= 11 is 5.27. The van der Waals surface area contributed by atoms with Gasteiger partial charge in [-0.25, -0.2) is 4.98 Å². The van der Waals surface area contributed by atoms with Crippen molar-refractivity contribution in [3.63, 3.8) is 0 Å². The summed E-state index contributed by atoms with van der Waals surface area (Å²) in [5.74, 6) is 1.42. The average Bonchev–Trinajstić information content (AvgIpc) is 2.86. The Morgan fingerprint density at radius 2 is 2.11 bits per heavy atom. The third-order valence-electron chi connectivity index (χ3n) is 2.46. The summed E-state index contributed by atoms with van der Waals surface area (Å²) in [7, 11) is 1.81. The third-order valence-corrected chi connectivity index (χ3v) is 4.27. The van der Waals surface area contributed by atoms with Crippen LogP contribution in [0.2, 0.25) is 0 Å². The molecule has 0 atom stereocenters. The summed E-state index contributed by atoms with van der Waals surface area (Å²) in [6, 6.07) is 4.33. The van der Waals surface area contributed by atoms with Gasteiger partial charge in [0, 0.05) is 23.0 Å². The van der Waals surface area contributed by atoms with Crippen LogP contribution in [-0.4, -0.2) is 17.0 Å². The second kappa shape index (κ2) is 6.15. The predicted octanol–water partition coefficient (Wildman–Crippen LogP) is 3.52. The molecular formula is C12H15BrN4S. The maximum absolute atomic E-state index is 4.36. The lowest BCUT2D eigenvalue weighted by atomic mass is 10.3. The van der Waals surface area contributed by atoms with E-state index in [9.17, 15) is 0 Å². The normalized spacial score (nSPS) is 10.4. The van der Waals surface area contributed by atoms with Crippen molar-refractivity contribution in [1.29, 1.82) is 0 Å². The van der Waals surface area contributed by atoms with Crippen LogP contribution >= 0.6 is 27.3 Å². The largest absolute Gasteiger partial charge is 0.364 e. The van der Waals surface area contributed by atoms with E-state index < -0.39 is 0 Å². The number of rotatable bonds is 5. The molecule has 2 rings (SSSR count). The molecule has 0 amide bonds. The van der Waals surface area contributed by atoms with Crippen LogP contribution in [0.4, 0.5) is 11.8 Å². The van der Waals surface area contributed by atoms with E-state index in [0.717, 1.165) is 23.3 Å². The second-order valence-electron chi connectivity index (χ2n) is 3.72. The molecule has 0 radical (unpaired) electrons. The number of thiophene rings is 1. The molecule has 2 aromatic heterocycles. The van der Waals surface area contributed by atoms with Crippen LogP contribution in [0.5, 0.6) is 0 Å². The van der Waals surface area contributed by atoms with Gasteiger partial charge in [-0.3, -0.25) is 0 Å². The number of hydrogen-bond donors (Lipinski definition) is 2. The highest BCUT2D eigenvalue weighted by molar-refractivity contribution is 9.10. The van der Waals surface area contributed by atoms with Crippen LogP contribution in [0.3, 0.4) is 0 Å². The minimum Gasteiger partial charge on any atom is -0.364 e. The highest BCUT2D eigenvalue weighted by Crippen LogP contribution is 2.22. The first-order chi connectivity index (χ1) is 8.72. The van der Waals surface area contributed by atoms with Gasteiger partial charge in [0.1, 0.15) is 5.82 Å². The molecule has 0 aliphatic carbocycles. The minimum atomic E-state index is 0.612. The molecule has 0 unspecified atom stereocenters. The van der Waals surface area contributed by atoms with E-state index in [4.69, 9.17) is 0 Å². The van der Waals surface area contributed by atoms with Crippen molar-refractivity contribution in [1.82, 2.24) is 9.97 Å². The number of aromatic nitrogens is 2. The van der Waals surface area contributed by atoms with Gasteiger partial charge in [0.25, 0.3) is 0 Å². The number of nitrogens with one attached hydrogen (secondary N) is 2. The highest BCUT2D eigenvalue weighted by Gasteiger charge is 2.05. The Bertz CT molecular complexity index is 527. The van der Waals surface area contributed by atoms with Gasteiger partial charge in [-0.05, 0) is 34.5 Å². The average molecular weight is 327 g/mol. The quantitative estimate of drug-likeness (QED) is 0.882. The molecule has 0 fully saturated rings. The molecule has 0 aliphatic rings. The molecule has 0 saturated carbocycles. The molecule has 6 heteroatoms. The molecular weight excluding hydrogens is 312 g/mol. The Morgan fingerprint density at radius 3 is 2.78 bits per heavy atom. The summed E-state index contributed by atoms with van der Waals surface area (Å²) in [6.45, 7) is 2.95. The van der Waals surface area contributed by atoms with Gasteiger partial charge in [-0.2, -0.15) is 4.98 Å². The van der Waals surface area contributed by atoms with E-state index in [1.54, 1.807) is 13.2 Å². The molecule has 2 heterocycles. The van der Waals surface area contributed by atoms with Gasteiger partial charge in [0.2, 0.25) is 5.95 Å². The van der Waals surface area contributed by atoms with E-state index in [0.29, 0.717) is 5.95 Å². The Labute approximate surface area is 119 Å². The van der Waals surface area contributed by atoms with E-state index in [2.05, 4.69) is 55.6 Å². The summed E-state index contributed by atoms with van der Waals surface area (Å²) in [5, 5.41) is 6.24. The molecule has 0 spiro atoms. The molecule has 0 aromatic carbocycles. The zero-order valence-electron chi connectivity index (χ0n) is 10.3. The van der Waals surface area contributed by atoms with Gasteiger partial charge in [0.15, 0.2) is 0 Å². The SMILES string of the molecule is CCc1ccc(CNc2nc(NC)ncc2Br)s1. The Morgan fingerprint density at radius 1 is 1.33 bits per heavy atom. The first-order valence-corrected chi connectivity index (χ1v) is 7.35. The number of halogens is 1. The number of hydrogen-bond acceptors (Lipinski definition) is 5. The molecule has 0 saturated heterocycles. The van der Waals surface area contributed by atoms with E-state index in [-0.39, 0.29) is 0 Å². The van der Waals surface area contributed by atoms with Gasteiger partial charge in [-0.15, -0.1) is 11.3 Å². The van der Waals surface area contributed by atoms with Gasteiger partial charge in [0.05, 0.1) is 11.0 Å². The lowest BCUT2D eigenvalue weighted by Crippen LogP contribution is -2.04. The highest BCUT2D eigenvalue weighted by atomic mass is 79.9. The van der Waals surface area contributed by atoms with Crippen molar-refractivity contribution in [2.24, 2.45) is 0 Å². The number of anilines is 2. The van der Waals surface area contributed by atoms with Crippen molar-refractivity contribution in [2.75, 3.05) is 17.7 Å². The zero-order valence-corrected chi connectivity index (χ0v) is 12.7. The first kappa shape index (κ1) is 13.3. The van der Waals surface area contributed by atoms with Gasteiger partial charge in [-0.1, -0.05) is 6.92 Å². The van der Waals surface area contributed by atoms with Crippen molar-refractivity contribution in [2.45, 2.75) is 19.9 Å². The first-order valence-electron chi connectivity index (χ1n) is 5.74. The molecule has 0 bridgehead atoms. The molecule has 96 valence electrons. The summed E-state index contributed by atoms with van der Waals surface area (Å²) in [5.41, 5.74) is 0. The number of aryl methyl sites for hydroxylation is 1. The van der Waals surface area contributed by atoms with Crippen LogP contribution in [-0.2, 0) is 13.0 Å². The summed E-state index contributed by atoms with van der Waals surface area (Å²) < 4.78 is 0.869. The van der Waals surface area contributed by atoms with E-state index >= 15 is 0 Å². The van der Waals surface area contributed by atoms with Gasteiger partial charge < -0.3 is 10.6 Å². The monoisotopic (exact) mass is 326 g/mol. The van der Waals surface area contributed by atoms with E-state index in [1.807, 2.05) is 11.3 Å². The number of nitrogens with zero attached hydrogens (tertiary/aromatic N) is 2. The molecule has 4 nitrogen and oxygen atoms in total. The maximum atomic E-state index is 4.36. The minimum absolute atomic E-state index is 0.612. The Kier molecular flexibility index (Phi) is 4.54. The van der Waals surface area contributed by atoms with Crippen LogP contribution in [0.15, 0.2) is 22.8 Å². The van der Waals surface area contributed by atoms with Crippen LogP contribution < -0.4 is 10.6 Å². The summed E-state index contributed by atoms with van der Waals surface area (Å²) in [6.07, 6.45) is 2.83. The fourth-order valence-corrected chi connectivity index (χ4v) is 2.72. The smallest absolute Gasteiger partial charge is 0.224 e. The lowest BCUT2D eigenvalue weighted by Gasteiger charge is -2.07. The van der Waals surface area contributed by atoms with Crippen LogP contribution in [0.25, 0.3) is 0 Å².